The SMILES string of the molecule is CCC(C)C(NC(=O)CCC(=O)c1ccc(C)cc1)C(=O)O. The Morgan fingerprint density at radius 2 is 1.73 bits per heavy atom. The van der Waals surface area contributed by atoms with Crippen LogP contribution in [0.5, 0.6) is 0 Å². The molecule has 2 atom stereocenters. The Labute approximate surface area is 130 Å². The van der Waals surface area contributed by atoms with Crippen LogP contribution in [0.2, 0.25) is 0 Å². The highest BCUT2D eigenvalue weighted by atomic mass is 16.4. The lowest BCUT2D eigenvalue weighted by atomic mass is 9.99. The van der Waals surface area contributed by atoms with Gasteiger partial charge >= 0.3 is 5.97 Å². The average molecular weight is 305 g/mol. The van der Waals surface area contributed by atoms with Crippen molar-refractivity contribution in [3.05, 3.63) is 35.4 Å². The molecule has 0 aliphatic rings. The number of ketones is 1. The minimum absolute atomic E-state index is 0.00702. The van der Waals surface area contributed by atoms with Gasteiger partial charge in [-0.1, -0.05) is 50.1 Å². The monoisotopic (exact) mass is 305 g/mol. The number of aryl methyl sites for hydroxylation is 1. The molecule has 0 saturated carbocycles. The number of amides is 1. The number of hydrogen-bond donors (Lipinski definition) is 2. The van der Waals surface area contributed by atoms with E-state index in [2.05, 4.69) is 5.32 Å². The average Bonchev–Trinajstić information content (AvgIpc) is 2.49. The molecule has 0 saturated heterocycles. The van der Waals surface area contributed by atoms with Crippen LogP contribution in [0.15, 0.2) is 24.3 Å². The third kappa shape index (κ3) is 5.31. The molecular weight excluding hydrogens is 282 g/mol. The number of rotatable bonds is 8. The number of carboxylic acids is 1. The molecule has 2 N–H and O–H groups in total. The third-order valence-corrected chi connectivity index (χ3v) is 3.75. The molecule has 2 unspecified atom stereocenters. The topological polar surface area (TPSA) is 83.5 Å². The van der Waals surface area contributed by atoms with Crippen molar-refractivity contribution in [2.24, 2.45) is 5.92 Å². The van der Waals surface area contributed by atoms with Crippen molar-refractivity contribution < 1.29 is 19.5 Å². The molecule has 1 aromatic carbocycles. The van der Waals surface area contributed by atoms with Crippen LogP contribution in [0.3, 0.4) is 0 Å². The van der Waals surface area contributed by atoms with E-state index in [1.165, 1.54) is 0 Å². The Balaban J connectivity index is 2.53. The van der Waals surface area contributed by atoms with Crippen molar-refractivity contribution >= 4 is 17.7 Å². The number of benzene rings is 1. The summed E-state index contributed by atoms with van der Waals surface area (Å²) in [6.07, 6.45) is 0.716. The van der Waals surface area contributed by atoms with Gasteiger partial charge in [-0.2, -0.15) is 0 Å². The molecule has 1 aromatic rings. The number of carbonyl (C=O) groups excluding carboxylic acids is 2. The molecule has 0 fully saturated rings. The summed E-state index contributed by atoms with van der Waals surface area (Å²) >= 11 is 0. The zero-order valence-corrected chi connectivity index (χ0v) is 13.3. The number of aliphatic carboxylic acids is 1. The van der Waals surface area contributed by atoms with Crippen molar-refractivity contribution in [2.75, 3.05) is 0 Å². The molecule has 120 valence electrons. The second-order valence-electron chi connectivity index (χ2n) is 5.56. The lowest BCUT2D eigenvalue weighted by Crippen LogP contribution is -2.45. The molecule has 5 nitrogen and oxygen atoms in total. The van der Waals surface area contributed by atoms with Crippen molar-refractivity contribution in [1.29, 1.82) is 0 Å². The molecule has 1 rings (SSSR count). The lowest BCUT2D eigenvalue weighted by Gasteiger charge is -2.20. The number of Topliss-reactive ketones (excluding diaryl/α,β-unsaturated/α-hetero) is 1. The summed E-state index contributed by atoms with van der Waals surface area (Å²) in [4.78, 5) is 35.0. The maximum absolute atomic E-state index is 12.0. The summed E-state index contributed by atoms with van der Waals surface area (Å²) in [5, 5.41) is 11.6. The van der Waals surface area contributed by atoms with Gasteiger partial charge in [-0.25, -0.2) is 4.79 Å². The molecule has 5 heteroatoms. The van der Waals surface area contributed by atoms with Crippen molar-refractivity contribution in [1.82, 2.24) is 5.32 Å². The zero-order chi connectivity index (χ0) is 16.7. The fourth-order valence-corrected chi connectivity index (χ4v) is 2.04. The van der Waals surface area contributed by atoms with Crippen LogP contribution in [0, 0.1) is 12.8 Å². The van der Waals surface area contributed by atoms with Gasteiger partial charge in [0.05, 0.1) is 0 Å². The normalized spacial score (nSPS) is 13.2. The smallest absolute Gasteiger partial charge is 0.326 e. The van der Waals surface area contributed by atoms with Crippen LogP contribution >= 0.6 is 0 Å². The Hall–Kier alpha value is -2.17. The van der Waals surface area contributed by atoms with E-state index >= 15 is 0 Å². The Morgan fingerprint density at radius 3 is 2.23 bits per heavy atom. The Bertz CT molecular complexity index is 536. The van der Waals surface area contributed by atoms with Crippen LogP contribution < -0.4 is 5.32 Å². The second kappa shape index (κ2) is 8.32. The van der Waals surface area contributed by atoms with Crippen molar-refractivity contribution in [2.45, 2.75) is 46.1 Å². The highest BCUT2D eigenvalue weighted by Gasteiger charge is 2.25. The van der Waals surface area contributed by atoms with Gasteiger partial charge in [0.25, 0.3) is 0 Å². The van der Waals surface area contributed by atoms with Crippen LogP contribution in [0.1, 0.15) is 49.0 Å². The third-order valence-electron chi connectivity index (χ3n) is 3.75. The largest absolute Gasteiger partial charge is 0.480 e. The van der Waals surface area contributed by atoms with Crippen LogP contribution in [-0.4, -0.2) is 28.8 Å². The van der Waals surface area contributed by atoms with Gasteiger partial charge in [-0.05, 0) is 12.8 Å². The van der Waals surface area contributed by atoms with Gasteiger partial charge in [0.15, 0.2) is 5.78 Å². The predicted molar refractivity (Wildman–Crippen MR) is 83.8 cm³/mol. The standard InChI is InChI=1S/C17H23NO4/c1-4-12(3)16(17(21)22)18-15(20)10-9-14(19)13-7-5-11(2)6-8-13/h5-8,12,16H,4,9-10H2,1-3H3,(H,18,20)(H,21,22). The molecule has 0 bridgehead atoms. The van der Waals surface area contributed by atoms with Gasteiger partial charge < -0.3 is 10.4 Å². The molecule has 0 radical (unpaired) electrons. The summed E-state index contributed by atoms with van der Waals surface area (Å²) in [5.41, 5.74) is 1.63. The van der Waals surface area contributed by atoms with Crippen LogP contribution in [-0.2, 0) is 9.59 Å². The first kappa shape index (κ1) is 17.9. The summed E-state index contributed by atoms with van der Waals surface area (Å²) in [6, 6.07) is 6.24. The maximum atomic E-state index is 12.0. The molecule has 1 amide bonds. The summed E-state index contributed by atoms with van der Waals surface area (Å²) in [7, 11) is 0. The first-order chi connectivity index (χ1) is 10.3. The second-order valence-corrected chi connectivity index (χ2v) is 5.56. The van der Waals surface area contributed by atoms with Crippen LogP contribution in [0.4, 0.5) is 0 Å². The van der Waals surface area contributed by atoms with E-state index in [0.717, 1.165) is 5.56 Å². The first-order valence-corrected chi connectivity index (χ1v) is 7.47. The lowest BCUT2D eigenvalue weighted by molar-refractivity contribution is -0.143. The molecule has 0 aliphatic carbocycles. The number of carbonyl (C=O) groups is 3. The van der Waals surface area contributed by atoms with E-state index in [-0.39, 0.29) is 24.5 Å². The van der Waals surface area contributed by atoms with E-state index in [1.54, 1.807) is 19.1 Å². The van der Waals surface area contributed by atoms with Gasteiger partial charge in [-0.15, -0.1) is 0 Å². The minimum atomic E-state index is -1.05. The molecular formula is C17H23NO4. The predicted octanol–water partition coefficient (Wildman–Crippen LogP) is 2.57. The Morgan fingerprint density at radius 1 is 1.14 bits per heavy atom. The number of nitrogens with one attached hydrogen (secondary N) is 1. The molecule has 0 aliphatic heterocycles. The summed E-state index contributed by atoms with van der Waals surface area (Å²) < 4.78 is 0. The summed E-state index contributed by atoms with van der Waals surface area (Å²) in [6.45, 7) is 5.58. The number of carboxylic acid groups (broad SMARTS) is 1. The van der Waals surface area contributed by atoms with Gasteiger partial charge in [0.1, 0.15) is 6.04 Å². The van der Waals surface area contributed by atoms with E-state index in [0.29, 0.717) is 12.0 Å². The fourth-order valence-electron chi connectivity index (χ4n) is 2.04. The highest BCUT2D eigenvalue weighted by Crippen LogP contribution is 2.10. The molecule has 0 heterocycles. The summed E-state index contributed by atoms with van der Waals surface area (Å²) in [5.74, 6) is -1.74. The molecule has 0 aromatic heterocycles. The fraction of sp³-hybridized carbons (Fsp3) is 0.471. The zero-order valence-electron chi connectivity index (χ0n) is 13.3. The van der Waals surface area contributed by atoms with E-state index in [9.17, 15) is 14.4 Å². The van der Waals surface area contributed by atoms with Gasteiger partial charge in [-0.3, -0.25) is 9.59 Å². The van der Waals surface area contributed by atoms with E-state index in [1.807, 2.05) is 26.0 Å². The Kier molecular flexibility index (Phi) is 6.76. The minimum Gasteiger partial charge on any atom is -0.480 e. The highest BCUT2D eigenvalue weighted by molar-refractivity contribution is 5.98. The number of hydrogen-bond acceptors (Lipinski definition) is 3. The quantitative estimate of drug-likeness (QED) is 0.723. The van der Waals surface area contributed by atoms with E-state index in [4.69, 9.17) is 5.11 Å². The molecule has 22 heavy (non-hydrogen) atoms. The maximum Gasteiger partial charge on any atom is 0.326 e. The van der Waals surface area contributed by atoms with Gasteiger partial charge in [0.2, 0.25) is 5.91 Å². The van der Waals surface area contributed by atoms with Crippen molar-refractivity contribution in [3.8, 4) is 0 Å². The molecule has 0 spiro atoms. The first-order valence-electron chi connectivity index (χ1n) is 7.47. The van der Waals surface area contributed by atoms with Gasteiger partial charge in [0, 0.05) is 18.4 Å². The van der Waals surface area contributed by atoms with Crippen molar-refractivity contribution in [3.63, 3.8) is 0 Å². The van der Waals surface area contributed by atoms with Crippen LogP contribution in [0.25, 0.3) is 0 Å². The van der Waals surface area contributed by atoms with E-state index < -0.39 is 17.9 Å².